The first kappa shape index (κ1) is 11.4. The number of methoxy groups -OCH3 is 1. The first-order valence-electron chi connectivity index (χ1n) is 5.99. The summed E-state index contributed by atoms with van der Waals surface area (Å²) in [5.74, 6) is 1.00. The Labute approximate surface area is 96.5 Å². The van der Waals surface area contributed by atoms with Crippen LogP contribution in [0.25, 0.3) is 0 Å². The first-order valence-corrected chi connectivity index (χ1v) is 5.99. The van der Waals surface area contributed by atoms with Crippen LogP contribution in [0.3, 0.4) is 0 Å². The molecule has 1 atom stereocenters. The topological polar surface area (TPSA) is 42.4 Å². The van der Waals surface area contributed by atoms with E-state index in [4.69, 9.17) is 4.74 Å². The maximum absolute atomic E-state index is 10.2. The van der Waals surface area contributed by atoms with Gasteiger partial charge in [0.2, 0.25) is 5.88 Å². The summed E-state index contributed by atoms with van der Waals surface area (Å²) < 4.78 is 5.00. The lowest BCUT2D eigenvalue weighted by Gasteiger charge is -2.26. The molecule has 1 heterocycles. The van der Waals surface area contributed by atoms with Crippen LogP contribution in [0.2, 0.25) is 0 Å². The summed E-state index contributed by atoms with van der Waals surface area (Å²) in [6.45, 7) is 0. The van der Waals surface area contributed by atoms with Gasteiger partial charge in [-0.3, -0.25) is 0 Å². The number of nitrogens with zero attached hydrogens (tertiary/aromatic N) is 1. The first-order chi connectivity index (χ1) is 7.81. The minimum atomic E-state index is -0.362. The molecule has 1 saturated carbocycles. The molecule has 88 valence electrons. The largest absolute Gasteiger partial charge is 0.481 e. The lowest BCUT2D eigenvalue weighted by molar-refractivity contribution is 0.0845. The van der Waals surface area contributed by atoms with Crippen LogP contribution in [0.1, 0.15) is 43.8 Å². The molecule has 3 heteroatoms. The van der Waals surface area contributed by atoms with Crippen molar-refractivity contribution in [2.45, 2.75) is 38.2 Å². The summed E-state index contributed by atoms with van der Waals surface area (Å²) in [7, 11) is 1.60. The molecule has 1 aromatic rings. The Kier molecular flexibility index (Phi) is 3.78. The lowest BCUT2D eigenvalue weighted by atomic mass is 9.83. The number of ether oxygens (including phenoxy) is 1. The molecule has 0 radical (unpaired) electrons. The second-order valence-electron chi connectivity index (χ2n) is 4.48. The highest BCUT2D eigenvalue weighted by Gasteiger charge is 2.23. The van der Waals surface area contributed by atoms with E-state index < -0.39 is 0 Å². The Hall–Kier alpha value is -1.09. The number of aromatic nitrogens is 1. The minimum Gasteiger partial charge on any atom is -0.481 e. The van der Waals surface area contributed by atoms with Gasteiger partial charge in [-0.2, -0.15) is 0 Å². The third-order valence-electron chi connectivity index (χ3n) is 3.41. The molecule has 1 aliphatic carbocycles. The summed E-state index contributed by atoms with van der Waals surface area (Å²) in [6.07, 6.45) is 7.41. The average Bonchev–Trinajstić information content (AvgIpc) is 2.39. The van der Waals surface area contributed by atoms with Crippen molar-refractivity contribution in [1.82, 2.24) is 4.98 Å². The van der Waals surface area contributed by atoms with Gasteiger partial charge in [0.25, 0.3) is 0 Å². The van der Waals surface area contributed by atoms with E-state index in [0.717, 1.165) is 18.4 Å². The summed E-state index contributed by atoms with van der Waals surface area (Å²) >= 11 is 0. The van der Waals surface area contributed by atoms with E-state index in [1.807, 2.05) is 6.07 Å². The van der Waals surface area contributed by atoms with Gasteiger partial charge in [0, 0.05) is 12.3 Å². The van der Waals surface area contributed by atoms with Gasteiger partial charge in [-0.25, -0.2) is 4.98 Å². The highest BCUT2D eigenvalue weighted by atomic mass is 16.5. The Morgan fingerprint density at radius 1 is 1.31 bits per heavy atom. The zero-order chi connectivity index (χ0) is 11.4. The molecule has 0 aromatic carbocycles. The van der Waals surface area contributed by atoms with Gasteiger partial charge in [-0.15, -0.1) is 0 Å². The van der Waals surface area contributed by atoms with Crippen LogP contribution in [0.4, 0.5) is 0 Å². The molecule has 1 N–H and O–H groups in total. The summed E-state index contributed by atoms with van der Waals surface area (Å²) in [6, 6.07) is 3.71. The van der Waals surface area contributed by atoms with E-state index in [1.54, 1.807) is 19.4 Å². The van der Waals surface area contributed by atoms with Gasteiger partial charge < -0.3 is 9.84 Å². The van der Waals surface area contributed by atoms with Gasteiger partial charge in [0.15, 0.2) is 0 Å². The fourth-order valence-electron chi connectivity index (χ4n) is 2.41. The third-order valence-corrected chi connectivity index (χ3v) is 3.41. The predicted octanol–water partition coefficient (Wildman–Crippen LogP) is 2.70. The molecule has 1 fully saturated rings. The molecule has 1 aliphatic rings. The number of aliphatic hydroxyl groups is 1. The molecule has 16 heavy (non-hydrogen) atoms. The minimum absolute atomic E-state index is 0.362. The smallest absolute Gasteiger partial charge is 0.212 e. The molecule has 1 aromatic heterocycles. The van der Waals surface area contributed by atoms with E-state index in [1.165, 1.54) is 19.3 Å². The molecular weight excluding hydrogens is 202 g/mol. The number of pyridine rings is 1. The molecule has 0 amide bonds. The molecule has 3 nitrogen and oxygen atoms in total. The number of hydrogen-bond acceptors (Lipinski definition) is 3. The van der Waals surface area contributed by atoms with Crippen LogP contribution in [0, 0.1) is 5.92 Å². The zero-order valence-electron chi connectivity index (χ0n) is 9.72. The van der Waals surface area contributed by atoms with Gasteiger partial charge >= 0.3 is 0 Å². The molecular formula is C13H19NO2. The van der Waals surface area contributed by atoms with Crippen molar-refractivity contribution in [3.8, 4) is 5.88 Å². The second-order valence-corrected chi connectivity index (χ2v) is 4.48. The summed E-state index contributed by atoms with van der Waals surface area (Å²) in [4.78, 5) is 4.13. The monoisotopic (exact) mass is 221 g/mol. The van der Waals surface area contributed by atoms with Crippen LogP contribution >= 0.6 is 0 Å². The Balaban J connectivity index is 2.04. The fraction of sp³-hybridized carbons (Fsp3) is 0.615. The van der Waals surface area contributed by atoms with Gasteiger partial charge in [0.1, 0.15) is 0 Å². The maximum atomic E-state index is 10.2. The number of hydrogen-bond donors (Lipinski definition) is 1. The number of rotatable bonds is 3. The van der Waals surface area contributed by atoms with E-state index in [2.05, 4.69) is 4.98 Å². The quantitative estimate of drug-likeness (QED) is 0.853. The lowest BCUT2D eigenvalue weighted by Crippen LogP contribution is -2.16. The Morgan fingerprint density at radius 2 is 2.06 bits per heavy atom. The van der Waals surface area contributed by atoms with Gasteiger partial charge in [-0.05, 0) is 30.4 Å². The SMILES string of the molecule is COc1ccc(C(O)C2CCCCC2)cn1. The van der Waals surface area contributed by atoms with Crippen LogP contribution < -0.4 is 4.74 Å². The van der Waals surface area contributed by atoms with Crippen molar-refractivity contribution in [2.24, 2.45) is 5.92 Å². The van der Waals surface area contributed by atoms with Crippen LogP contribution in [0.15, 0.2) is 18.3 Å². The fourth-order valence-corrected chi connectivity index (χ4v) is 2.41. The van der Waals surface area contributed by atoms with Crippen LogP contribution in [-0.4, -0.2) is 17.2 Å². The summed E-state index contributed by atoms with van der Waals surface area (Å²) in [5, 5.41) is 10.2. The van der Waals surface area contributed by atoms with Crippen molar-refractivity contribution < 1.29 is 9.84 Å². The molecule has 0 spiro atoms. The molecule has 1 unspecified atom stereocenters. The van der Waals surface area contributed by atoms with Crippen molar-refractivity contribution in [1.29, 1.82) is 0 Å². The van der Waals surface area contributed by atoms with Gasteiger partial charge in [0.05, 0.1) is 13.2 Å². The van der Waals surface area contributed by atoms with E-state index in [0.29, 0.717) is 11.8 Å². The molecule has 0 bridgehead atoms. The molecule has 0 aliphatic heterocycles. The summed E-state index contributed by atoms with van der Waals surface area (Å²) in [5.41, 5.74) is 0.910. The van der Waals surface area contributed by atoms with E-state index in [9.17, 15) is 5.11 Å². The third kappa shape index (κ3) is 2.53. The molecule has 0 saturated heterocycles. The second kappa shape index (κ2) is 5.30. The Morgan fingerprint density at radius 3 is 2.62 bits per heavy atom. The Bertz CT molecular complexity index is 317. The van der Waals surface area contributed by atoms with Gasteiger partial charge in [-0.1, -0.05) is 19.3 Å². The van der Waals surface area contributed by atoms with Crippen molar-refractivity contribution >= 4 is 0 Å². The average molecular weight is 221 g/mol. The highest BCUT2D eigenvalue weighted by molar-refractivity contribution is 5.20. The normalized spacial score (nSPS) is 19.4. The van der Waals surface area contributed by atoms with Crippen LogP contribution in [0.5, 0.6) is 5.88 Å². The number of aliphatic hydroxyl groups excluding tert-OH is 1. The van der Waals surface area contributed by atoms with E-state index in [-0.39, 0.29) is 6.10 Å². The zero-order valence-corrected chi connectivity index (χ0v) is 9.72. The highest BCUT2D eigenvalue weighted by Crippen LogP contribution is 2.34. The van der Waals surface area contributed by atoms with Crippen LogP contribution in [-0.2, 0) is 0 Å². The van der Waals surface area contributed by atoms with Crippen molar-refractivity contribution in [3.05, 3.63) is 23.9 Å². The molecule has 2 rings (SSSR count). The standard InChI is InChI=1S/C13H19NO2/c1-16-12-8-7-11(9-14-12)13(15)10-5-3-2-4-6-10/h7-10,13,15H,2-6H2,1H3. The van der Waals surface area contributed by atoms with E-state index >= 15 is 0 Å². The van der Waals surface area contributed by atoms with Crippen molar-refractivity contribution in [3.63, 3.8) is 0 Å². The predicted molar refractivity (Wildman–Crippen MR) is 62.3 cm³/mol. The van der Waals surface area contributed by atoms with Crippen molar-refractivity contribution in [2.75, 3.05) is 7.11 Å². The maximum Gasteiger partial charge on any atom is 0.212 e.